The van der Waals surface area contributed by atoms with E-state index in [0.29, 0.717) is 38.4 Å². The third-order valence-corrected chi connectivity index (χ3v) is 4.43. The number of hydrazine groups is 1. The number of pyridine rings is 1. The molecule has 4 amide bonds. The largest absolute Gasteiger partial charge is 0.395 e. The zero-order chi connectivity index (χ0) is 17.8. The number of barbiturate groups is 1. The van der Waals surface area contributed by atoms with Crippen molar-refractivity contribution < 1.29 is 19.5 Å². The Bertz CT molecular complexity index is 645. The van der Waals surface area contributed by atoms with Crippen LogP contribution >= 0.6 is 0 Å². The Morgan fingerprint density at radius 1 is 1.16 bits per heavy atom. The summed E-state index contributed by atoms with van der Waals surface area (Å²) in [6, 6.07) is 4.59. The Balaban J connectivity index is 1.70. The smallest absolute Gasteiger partial charge is 0.345 e. The van der Waals surface area contributed by atoms with Gasteiger partial charge in [-0.3, -0.25) is 24.8 Å². The molecule has 134 valence electrons. The molecule has 9 heteroatoms. The van der Waals surface area contributed by atoms with Crippen LogP contribution < -0.4 is 5.32 Å². The van der Waals surface area contributed by atoms with Crippen molar-refractivity contribution in [2.24, 2.45) is 5.92 Å². The first-order chi connectivity index (χ1) is 12.1. The number of aromatic nitrogens is 1. The van der Waals surface area contributed by atoms with Gasteiger partial charge in [0.25, 0.3) is 5.91 Å². The average molecular weight is 347 g/mol. The van der Waals surface area contributed by atoms with Gasteiger partial charge in [0.2, 0.25) is 5.91 Å². The number of piperazine rings is 1. The molecule has 2 saturated heterocycles. The molecule has 0 aliphatic carbocycles. The number of carbonyl (C=O) groups is 3. The Morgan fingerprint density at radius 2 is 1.92 bits per heavy atom. The lowest BCUT2D eigenvalue weighted by atomic mass is 9.99. The van der Waals surface area contributed by atoms with E-state index in [1.165, 1.54) is 0 Å². The van der Waals surface area contributed by atoms with Crippen molar-refractivity contribution in [1.82, 2.24) is 25.2 Å². The van der Waals surface area contributed by atoms with Gasteiger partial charge in [-0.15, -0.1) is 0 Å². The number of β-amino-alcohol motifs (C(OH)–C–C–N with tert-alkyl or cyclic N) is 1. The summed E-state index contributed by atoms with van der Waals surface area (Å²) < 4.78 is 0. The molecule has 0 bridgehead atoms. The summed E-state index contributed by atoms with van der Waals surface area (Å²) in [4.78, 5) is 43.3. The van der Waals surface area contributed by atoms with Gasteiger partial charge in [-0.05, 0) is 12.1 Å². The highest BCUT2D eigenvalue weighted by Gasteiger charge is 2.43. The van der Waals surface area contributed by atoms with Crippen LogP contribution in [0.2, 0.25) is 0 Å². The lowest BCUT2D eigenvalue weighted by molar-refractivity contribution is -0.156. The van der Waals surface area contributed by atoms with E-state index in [2.05, 4.69) is 15.2 Å². The summed E-state index contributed by atoms with van der Waals surface area (Å²) in [6.07, 6.45) is 1.75. The van der Waals surface area contributed by atoms with Crippen LogP contribution in [0.1, 0.15) is 5.69 Å². The monoisotopic (exact) mass is 347 g/mol. The van der Waals surface area contributed by atoms with Crippen LogP contribution in [-0.4, -0.2) is 82.2 Å². The summed E-state index contributed by atoms with van der Waals surface area (Å²) >= 11 is 0. The van der Waals surface area contributed by atoms with Crippen molar-refractivity contribution in [3.05, 3.63) is 30.1 Å². The minimum absolute atomic E-state index is 0.0732. The standard InChI is InChI=1S/C16H21N5O4/c22-10-9-19-5-7-20(8-6-19)21-15(24)13(14(23)18-16(21)25)11-12-3-1-2-4-17-12/h1-4,13,22H,5-11H2,(H,18,23,25). The van der Waals surface area contributed by atoms with Crippen molar-refractivity contribution in [3.63, 3.8) is 0 Å². The van der Waals surface area contributed by atoms with E-state index in [9.17, 15) is 14.4 Å². The number of amides is 4. The molecule has 1 atom stereocenters. The molecular formula is C16H21N5O4. The van der Waals surface area contributed by atoms with Crippen molar-refractivity contribution in [3.8, 4) is 0 Å². The molecule has 25 heavy (non-hydrogen) atoms. The number of carbonyl (C=O) groups excluding carboxylic acids is 3. The topological polar surface area (TPSA) is 106 Å². The van der Waals surface area contributed by atoms with Gasteiger partial charge in [-0.1, -0.05) is 6.07 Å². The van der Waals surface area contributed by atoms with Crippen molar-refractivity contribution in [2.45, 2.75) is 6.42 Å². The van der Waals surface area contributed by atoms with Crippen LogP contribution in [0.4, 0.5) is 4.79 Å². The van der Waals surface area contributed by atoms with Crippen LogP contribution in [0.5, 0.6) is 0 Å². The molecule has 3 heterocycles. The zero-order valence-corrected chi connectivity index (χ0v) is 13.8. The lowest BCUT2D eigenvalue weighted by Gasteiger charge is -2.42. The molecule has 0 spiro atoms. The van der Waals surface area contributed by atoms with Gasteiger partial charge >= 0.3 is 6.03 Å². The van der Waals surface area contributed by atoms with E-state index in [1.54, 1.807) is 29.4 Å². The van der Waals surface area contributed by atoms with E-state index in [4.69, 9.17) is 5.11 Å². The van der Waals surface area contributed by atoms with E-state index in [1.807, 2.05) is 0 Å². The van der Waals surface area contributed by atoms with Crippen molar-refractivity contribution in [2.75, 3.05) is 39.3 Å². The van der Waals surface area contributed by atoms with Crippen LogP contribution in [0.15, 0.2) is 24.4 Å². The second kappa shape index (κ2) is 7.68. The Kier molecular flexibility index (Phi) is 5.37. The molecule has 2 aliphatic rings. The molecule has 2 aliphatic heterocycles. The van der Waals surface area contributed by atoms with E-state index >= 15 is 0 Å². The summed E-state index contributed by atoms with van der Waals surface area (Å²) in [5.74, 6) is -2.08. The highest BCUT2D eigenvalue weighted by atomic mass is 16.3. The Labute approximate surface area is 145 Å². The van der Waals surface area contributed by atoms with E-state index < -0.39 is 23.8 Å². The molecule has 0 saturated carbocycles. The number of rotatable bonds is 5. The molecule has 1 unspecified atom stereocenters. The fourth-order valence-corrected chi connectivity index (χ4v) is 3.08. The van der Waals surface area contributed by atoms with E-state index in [0.717, 1.165) is 5.01 Å². The Hall–Kier alpha value is -2.36. The number of aliphatic hydroxyl groups is 1. The number of nitrogens with zero attached hydrogens (tertiary/aromatic N) is 4. The van der Waals surface area contributed by atoms with Gasteiger partial charge in [0.05, 0.1) is 6.61 Å². The highest BCUT2D eigenvalue weighted by molar-refractivity contribution is 6.15. The third kappa shape index (κ3) is 3.84. The van der Waals surface area contributed by atoms with Gasteiger partial charge in [0.15, 0.2) is 0 Å². The summed E-state index contributed by atoms with van der Waals surface area (Å²) in [7, 11) is 0. The van der Waals surface area contributed by atoms with Crippen LogP contribution in [0, 0.1) is 5.92 Å². The van der Waals surface area contributed by atoms with Crippen LogP contribution in [0.25, 0.3) is 0 Å². The number of imide groups is 2. The second-order valence-corrected chi connectivity index (χ2v) is 6.04. The molecule has 2 fully saturated rings. The molecule has 0 aromatic carbocycles. The third-order valence-electron chi connectivity index (χ3n) is 4.43. The summed E-state index contributed by atoms with van der Waals surface area (Å²) in [5.41, 5.74) is 0.623. The predicted octanol–water partition coefficient (Wildman–Crippen LogP) is -1.16. The first-order valence-corrected chi connectivity index (χ1v) is 8.27. The minimum atomic E-state index is -0.969. The average Bonchev–Trinajstić information content (AvgIpc) is 2.61. The fourth-order valence-electron chi connectivity index (χ4n) is 3.08. The fraction of sp³-hybridized carbons (Fsp3) is 0.500. The van der Waals surface area contributed by atoms with Gasteiger partial charge in [-0.25, -0.2) is 9.80 Å². The molecule has 3 rings (SSSR count). The van der Waals surface area contributed by atoms with E-state index in [-0.39, 0.29) is 13.0 Å². The number of nitrogens with one attached hydrogen (secondary N) is 1. The van der Waals surface area contributed by atoms with Crippen molar-refractivity contribution >= 4 is 17.8 Å². The Morgan fingerprint density at radius 3 is 2.56 bits per heavy atom. The number of hydrogen-bond acceptors (Lipinski definition) is 7. The molecule has 1 aromatic rings. The highest BCUT2D eigenvalue weighted by Crippen LogP contribution is 2.18. The zero-order valence-electron chi connectivity index (χ0n) is 13.8. The predicted molar refractivity (Wildman–Crippen MR) is 86.9 cm³/mol. The maximum Gasteiger partial charge on any atom is 0.345 e. The summed E-state index contributed by atoms with van der Waals surface area (Å²) in [6.45, 7) is 2.86. The molecule has 0 radical (unpaired) electrons. The molecular weight excluding hydrogens is 326 g/mol. The maximum atomic E-state index is 12.8. The second-order valence-electron chi connectivity index (χ2n) is 6.04. The number of hydrogen-bond donors (Lipinski definition) is 2. The van der Waals surface area contributed by atoms with Crippen molar-refractivity contribution in [1.29, 1.82) is 0 Å². The SMILES string of the molecule is O=C1NC(=O)N(N2CCN(CCO)CC2)C(=O)C1Cc1ccccn1. The normalized spacial score (nSPS) is 23.0. The number of aliphatic hydroxyl groups excluding tert-OH is 1. The van der Waals surface area contributed by atoms with Crippen LogP contribution in [0.3, 0.4) is 0 Å². The molecule has 2 N–H and O–H groups in total. The molecule has 1 aromatic heterocycles. The minimum Gasteiger partial charge on any atom is -0.395 e. The summed E-state index contributed by atoms with van der Waals surface area (Å²) in [5, 5.41) is 14.0. The van der Waals surface area contributed by atoms with Gasteiger partial charge in [0, 0.05) is 51.0 Å². The van der Waals surface area contributed by atoms with Gasteiger partial charge in [0.1, 0.15) is 5.92 Å². The molecule has 9 nitrogen and oxygen atoms in total. The maximum absolute atomic E-state index is 12.8. The van der Waals surface area contributed by atoms with Crippen LogP contribution in [-0.2, 0) is 16.0 Å². The lowest BCUT2D eigenvalue weighted by Crippen LogP contribution is -2.66. The number of urea groups is 1. The van der Waals surface area contributed by atoms with Gasteiger partial charge in [-0.2, -0.15) is 5.01 Å². The van der Waals surface area contributed by atoms with Gasteiger partial charge < -0.3 is 5.11 Å². The first-order valence-electron chi connectivity index (χ1n) is 8.27. The quantitative estimate of drug-likeness (QED) is 0.648. The first kappa shape index (κ1) is 17.5.